The first-order chi connectivity index (χ1) is 25.8. The van der Waals surface area contributed by atoms with Gasteiger partial charge in [-0.1, -0.05) is 103 Å². The molecule has 11 rings (SSSR count). The third-order valence-corrected chi connectivity index (χ3v) is 10.9. The molecule has 10 aromatic rings. The number of para-hydroxylation sites is 5. The van der Waals surface area contributed by atoms with Crippen molar-refractivity contribution in [2.75, 3.05) is 4.90 Å². The maximum atomic E-state index is 2.44. The Morgan fingerprint density at radius 2 is 0.808 bits per heavy atom. The summed E-state index contributed by atoms with van der Waals surface area (Å²) in [5, 5.41) is 5.05. The number of aromatic nitrogens is 2. The van der Waals surface area contributed by atoms with E-state index in [1.165, 1.54) is 94.3 Å². The van der Waals surface area contributed by atoms with Crippen molar-refractivity contribution in [3.8, 4) is 22.5 Å². The number of anilines is 3. The molecule has 0 saturated heterocycles. The van der Waals surface area contributed by atoms with Crippen LogP contribution in [-0.2, 0) is 6.42 Å². The minimum atomic E-state index is 0.896. The largest absolute Gasteiger partial charge is 0.310 e. The van der Waals surface area contributed by atoms with Gasteiger partial charge < -0.3 is 14.0 Å². The highest BCUT2D eigenvalue weighted by Gasteiger charge is 2.25. The maximum Gasteiger partial charge on any atom is 0.0541 e. The van der Waals surface area contributed by atoms with E-state index in [4.69, 9.17) is 0 Å². The molecule has 3 heterocycles. The van der Waals surface area contributed by atoms with Gasteiger partial charge in [0.25, 0.3) is 0 Å². The van der Waals surface area contributed by atoms with Gasteiger partial charge in [-0.05, 0) is 107 Å². The van der Waals surface area contributed by atoms with Crippen LogP contribution >= 0.6 is 0 Å². The van der Waals surface area contributed by atoms with Gasteiger partial charge >= 0.3 is 0 Å². The van der Waals surface area contributed by atoms with Gasteiger partial charge in [-0.15, -0.1) is 0 Å². The Labute approximate surface area is 301 Å². The summed E-state index contributed by atoms with van der Waals surface area (Å²) in [6.45, 7) is 0. The van der Waals surface area contributed by atoms with Gasteiger partial charge in [0.2, 0.25) is 0 Å². The van der Waals surface area contributed by atoms with Gasteiger partial charge in [0.15, 0.2) is 0 Å². The number of benzene rings is 8. The van der Waals surface area contributed by atoms with E-state index in [-0.39, 0.29) is 0 Å². The van der Waals surface area contributed by atoms with Crippen LogP contribution in [-0.4, -0.2) is 9.13 Å². The van der Waals surface area contributed by atoms with E-state index >= 15 is 0 Å². The van der Waals surface area contributed by atoms with E-state index in [0.29, 0.717) is 0 Å². The van der Waals surface area contributed by atoms with Crippen LogP contribution in [0.5, 0.6) is 0 Å². The molecule has 0 aliphatic carbocycles. The minimum Gasteiger partial charge on any atom is -0.310 e. The Balaban J connectivity index is 1.06. The summed E-state index contributed by atoms with van der Waals surface area (Å²) >= 11 is 0. The number of rotatable bonds is 4. The third-order valence-electron chi connectivity index (χ3n) is 10.9. The predicted molar refractivity (Wildman–Crippen MR) is 218 cm³/mol. The van der Waals surface area contributed by atoms with Crippen LogP contribution in [0, 0.1) is 0 Å². The van der Waals surface area contributed by atoms with Crippen LogP contribution in [0.15, 0.2) is 188 Å². The molecule has 0 saturated carbocycles. The molecular formula is C49H33N3. The van der Waals surface area contributed by atoms with Gasteiger partial charge in [-0.2, -0.15) is 0 Å². The Morgan fingerprint density at radius 1 is 0.308 bits per heavy atom. The second-order valence-corrected chi connectivity index (χ2v) is 13.8. The van der Waals surface area contributed by atoms with E-state index < -0.39 is 0 Å². The van der Waals surface area contributed by atoms with Crippen molar-refractivity contribution < 1.29 is 0 Å². The smallest absolute Gasteiger partial charge is 0.0541 e. The molecule has 3 heteroatoms. The lowest BCUT2D eigenvalue weighted by Gasteiger charge is -2.34. The van der Waals surface area contributed by atoms with Gasteiger partial charge in [0.05, 0.1) is 22.1 Å². The summed E-state index contributed by atoms with van der Waals surface area (Å²) in [6, 6.07) is 68.7. The molecule has 0 fully saturated rings. The van der Waals surface area contributed by atoms with E-state index in [0.717, 1.165) is 6.42 Å². The fourth-order valence-electron chi connectivity index (χ4n) is 8.58. The molecule has 8 aromatic carbocycles. The fourth-order valence-corrected chi connectivity index (χ4v) is 8.58. The van der Waals surface area contributed by atoms with Crippen LogP contribution in [0.25, 0.3) is 66.1 Å². The zero-order chi connectivity index (χ0) is 34.2. The molecule has 52 heavy (non-hydrogen) atoms. The molecule has 1 aliphatic rings. The minimum absolute atomic E-state index is 0.896. The molecule has 3 nitrogen and oxygen atoms in total. The SMILES string of the molecule is c1ccc(N2c3ccccc3Cc3cc(-n4c5ccccc5c5cc(-c6ccc7c(c6)c6ccccc6n7-c6ccccc6)ccc54)ccc32)cc1. The van der Waals surface area contributed by atoms with Crippen molar-refractivity contribution in [1.29, 1.82) is 0 Å². The van der Waals surface area contributed by atoms with Crippen molar-refractivity contribution in [1.82, 2.24) is 9.13 Å². The average molecular weight is 664 g/mol. The summed E-state index contributed by atoms with van der Waals surface area (Å²) < 4.78 is 4.82. The van der Waals surface area contributed by atoms with Crippen molar-refractivity contribution in [3.05, 3.63) is 199 Å². The normalized spacial score (nSPS) is 12.5. The molecule has 0 spiro atoms. The summed E-state index contributed by atoms with van der Waals surface area (Å²) in [6.07, 6.45) is 0.896. The molecule has 0 atom stereocenters. The monoisotopic (exact) mass is 663 g/mol. The summed E-state index contributed by atoms with van der Waals surface area (Å²) in [5.41, 5.74) is 16.0. The molecule has 1 aliphatic heterocycles. The molecule has 2 aromatic heterocycles. The molecule has 0 radical (unpaired) electrons. The first kappa shape index (κ1) is 28.9. The summed E-state index contributed by atoms with van der Waals surface area (Å²) in [7, 11) is 0. The lowest BCUT2D eigenvalue weighted by atomic mass is 9.94. The number of nitrogens with zero attached hydrogens (tertiary/aromatic N) is 3. The summed E-state index contributed by atoms with van der Waals surface area (Å²) in [4.78, 5) is 2.41. The molecule has 244 valence electrons. The van der Waals surface area contributed by atoms with Crippen molar-refractivity contribution in [3.63, 3.8) is 0 Å². The van der Waals surface area contributed by atoms with Gasteiger partial charge in [-0.3, -0.25) is 0 Å². The second-order valence-electron chi connectivity index (χ2n) is 13.8. The molecule has 0 unspecified atom stereocenters. The Hall–Kier alpha value is -6.84. The summed E-state index contributed by atoms with van der Waals surface area (Å²) in [5.74, 6) is 0. The third kappa shape index (κ3) is 4.33. The number of fused-ring (bicyclic) bond motifs is 8. The zero-order valence-corrected chi connectivity index (χ0v) is 28.4. The van der Waals surface area contributed by atoms with Crippen molar-refractivity contribution in [2.24, 2.45) is 0 Å². The second kappa shape index (κ2) is 11.3. The highest BCUT2D eigenvalue weighted by molar-refractivity contribution is 6.12. The predicted octanol–water partition coefficient (Wildman–Crippen LogP) is 12.9. The van der Waals surface area contributed by atoms with Crippen LogP contribution in [0.1, 0.15) is 11.1 Å². The van der Waals surface area contributed by atoms with Crippen LogP contribution < -0.4 is 4.90 Å². The first-order valence-corrected chi connectivity index (χ1v) is 18.0. The van der Waals surface area contributed by atoms with E-state index in [1.807, 2.05) is 0 Å². The topological polar surface area (TPSA) is 13.1 Å². The molecule has 0 bridgehead atoms. The van der Waals surface area contributed by atoms with Gasteiger partial charge in [-0.25, -0.2) is 0 Å². The van der Waals surface area contributed by atoms with Crippen LogP contribution in [0.3, 0.4) is 0 Å². The fraction of sp³-hybridized carbons (Fsp3) is 0.0204. The Bertz CT molecular complexity index is 2990. The van der Waals surface area contributed by atoms with Gasteiger partial charge in [0, 0.05) is 56.4 Å². The zero-order valence-electron chi connectivity index (χ0n) is 28.4. The van der Waals surface area contributed by atoms with Crippen molar-refractivity contribution >= 4 is 60.7 Å². The van der Waals surface area contributed by atoms with Crippen LogP contribution in [0.4, 0.5) is 17.1 Å². The Kier molecular flexibility index (Phi) is 6.31. The molecule has 0 N–H and O–H groups in total. The molecule has 0 amide bonds. The highest BCUT2D eigenvalue weighted by Crippen LogP contribution is 2.45. The number of hydrogen-bond donors (Lipinski definition) is 0. The lowest BCUT2D eigenvalue weighted by molar-refractivity contribution is 1.07. The van der Waals surface area contributed by atoms with Crippen molar-refractivity contribution in [2.45, 2.75) is 6.42 Å². The first-order valence-electron chi connectivity index (χ1n) is 18.0. The van der Waals surface area contributed by atoms with E-state index in [9.17, 15) is 0 Å². The highest BCUT2D eigenvalue weighted by atomic mass is 15.2. The maximum absolute atomic E-state index is 2.44. The standard InChI is InChI=1S/C49H33N3/c1-3-14-37(15-4-1)50-44-20-10-7-13-35(44)29-36-30-39(25-28-45(36)50)52-47-22-12-9-19-41(47)43-32-34(24-27-49(43)52)33-23-26-48-42(31-33)40-18-8-11-21-46(40)51(48)38-16-5-2-6-17-38/h1-28,30-32H,29H2. The molecular weight excluding hydrogens is 631 g/mol. The van der Waals surface area contributed by atoms with Gasteiger partial charge in [0.1, 0.15) is 0 Å². The van der Waals surface area contributed by atoms with Crippen LogP contribution in [0.2, 0.25) is 0 Å². The lowest BCUT2D eigenvalue weighted by Crippen LogP contribution is -2.18. The van der Waals surface area contributed by atoms with E-state index in [2.05, 4.69) is 202 Å². The average Bonchev–Trinajstić information content (AvgIpc) is 3.72. The Morgan fingerprint density at radius 3 is 1.46 bits per heavy atom. The number of hydrogen-bond acceptors (Lipinski definition) is 1. The van der Waals surface area contributed by atoms with E-state index in [1.54, 1.807) is 0 Å². The quantitative estimate of drug-likeness (QED) is 0.183.